The lowest BCUT2D eigenvalue weighted by atomic mass is 10.00. The third kappa shape index (κ3) is 2.65. The smallest absolute Gasteiger partial charge is 0.319 e. The number of ether oxygens (including phenoxy) is 1. The average molecular weight is 271 g/mol. The molecule has 1 aliphatic carbocycles. The van der Waals surface area contributed by atoms with E-state index >= 15 is 0 Å². The van der Waals surface area contributed by atoms with Gasteiger partial charge in [0.1, 0.15) is 5.82 Å². The molecular weight excluding hydrogens is 252 g/mol. The molecule has 106 valence electrons. The summed E-state index contributed by atoms with van der Waals surface area (Å²) < 4.78 is 32.5. The molecule has 0 bridgehead atoms. The highest BCUT2D eigenvalue weighted by molar-refractivity contribution is 4.97. The van der Waals surface area contributed by atoms with Crippen molar-refractivity contribution in [3.8, 4) is 0 Å². The van der Waals surface area contributed by atoms with Crippen molar-refractivity contribution in [1.29, 1.82) is 0 Å². The molecule has 1 aromatic heterocycles. The highest BCUT2D eigenvalue weighted by Crippen LogP contribution is 2.36. The number of morpholine rings is 1. The van der Waals surface area contributed by atoms with Crippen LogP contribution in [-0.4, -0.2) is 39.7 Å². The van der Waals surface area contributed by atoms with Gasteiger partial charge >= 0.3 is 6.55 Å². The van der Waals surface area contributed by atoms with Crippen molar-refractivity contribution in [2.75, 3.05) is 19.7 Å². The minimum absolute atomic E-state index is 0.0273. The van der Waals surface area contributed by atoms with E-state index in [4.69, 9.17) is 4.74 Å². The lowest BCUT2D eigenvalue weighted by Crippen LogP contribution is -2.50. The van der Waals surface area contributed by atoms with Crippen LogP contribution < -0.4 is 0 Å². The van der Waals surface area contributed by atoms with Crippen LogP contribution in [-0.2, 0) is 11.3 Å². The molecule has 0 radical (unpaired) electrons. The molecular formula is C13H19F2N3O. The zero-order valence-electron chi connectivity index (χ0n) is 10.9. The summed E-state index contributed by atoms with van der Waals surface area (Å²) in [5.74, 6) is 0.435. The summed E-state index contributed by atoms with van der Waals surface area (Å²) in [6, 6.07) is 0. The number of aromatic nitrogens is 2. The lowest BCUT2D eigenvalue weighted by molar-refractivity contribution is -0.108. The summed E-state index contributed by atoms with van der Waals surface area (Å²) in [6.07, 6.45) is 7.37. The van der Waals surface area contributed by atoms with Crippen molar-refractivity contribution < 1.29 is 13.5 Å². The van der Waals surface area contributed by atoms with Crippen LogP contribution in [0.3, 0.4) is 0 Å². The number of halogens is 2. The molecule has 1 aromatic rings. The van der Waals surface area contributed by atoms with E-state index in [1.165, 1.54) is 25.2 Å². The molecule has 19 heavy (non-hydrogen) atoms. The molecule has 2 aliphatic rings. The summed E-state index contributed by atoms with van der Waals surface area (Å²) in [6.45, 7) is 0.276. The first-order valence-corrected chi connectivity index (χ1v) is 6.85. The maximum absolute atomic E-state index is 12.8. The highest BCUT2D eigenvalue weighted by Gasteiger charge is 2.39. The van der Waals surface area contributed by atoms with Crippen molar-refractivity contribution in [1.82, 2.24) is 14.5 Å². The van der Waals surface area contributed by atoms with Crippen LogP contribution >= 0.6 is 0 Å². The van der Waals surface area contributed by atoms with E-state index in [-0.39, 0.29) is 5.60 Å². The summed E-state index contributed by atoms with van der Waals surface area (Å²) >= 11 is 0. The van der Waals surface area contributed by atoms with Crippen LogP contribution in [0.25, 0.3) is 0 Å². The third-order valence-corrected chi connectivity index (χ3v) is 4.17. The Labute approximate surface area is 111 Å². The second-order valence-corrected chi connectivity index (χ2v) is 5.48. The molecule has 6 heteroatoms. The SMILES string of the molecule is FC(F)n1ccnc1CN1CCOC2(CCCC2)C1. The van der Waals surface area contributed by atoms with Gasteiger partial charge in [0.2, 0.25) is 0 Å². The van der Waals surface area contributed by atoms with Gasteiger partial charge in [0, 0.05) is 25.5 Å². The Morgan fingerprint density at radius 1 is 1.37 bits per heavy atom. The standard InChI is InChI=1S/C13H19F2N3O/c14-12(15)18-6-5-16-11(18)9-17-7-8-19-13(10-17)3-1-2-4-13/h5-6,12H,1-4,7-10H2. The van der Waals surface area contributed by atoms with E-state index in [2.05, 4.69) is 9.88 Å². The van der Waals surface area contributed by atoms with Crippen LogP contribution in [0.1, 0.15) is 38.1 Å². The zero-order chi connectivity index (χ0) is 13.3. The maximum Gasteiger partial charge on any atom is 0.319 e. The normalized spacial score (nSPS) is 23.5. The number of hydrogen-bond acceptors (Lipinski definition) is 3. The molecule has 2 fully saturated rings. The van der Waals surface area contributed by atoms with Gasteiger partial charge in [-0.3, -0.25) is 9.47 Å². The molecule has 0 amide bonds. The zero-order valence-corrected chi connectivity index (χ0v) is 10.9. The molecule has 0 unspecified atom stereocenters. The Morgan fingerprint density at radius 2 is 2.16 bits per heavy atom. The van der Waals surface area contributed by atoms with Gasteiger partial charge in [0.15, 0.2) is 0 Å². The minimum atomic E-state index is -2.51. The lowest BCUT2D eigenvalue weighted by Gasteiger charge is -2.40. The quantitative estimate of drug-likeness (QED) is 0.846. The molecule has 1 saturated heterocycles. The third-order valence-electron chi connectivity index (χ3n) is 4.17. The van der Waals surface area contributed by atoms with Crippen LogP contribution in [0.15, 0.2) is 12.4 Å². The predicted octanol–water partition coefficient (Wildman–Crippen LogP) is 2.42. The molecule has 1 aliphatic heterocycles. The first-order chi connectivity index (χ1) is 9.19. The molecule has 2 heterocycles. The molecule has 0 atom stereocenters. The molecule has 3 rings (SSSR count). The number of imidazole rings is 1. The summed E-state index contributed by atoms with van der Waals surface area (Å²) in [4.78, 5) is 6.24. The van der Waals surface area contributed by atoms with Gasteiger partial charge in [0.05, 0.1) is 18.8 Å². The summed E-state index contributed by atoms with van der Waals surface area (Å²) in [7, 11) is 0. The second kappa shape index (κ2) is 5.17. The Kier molecular flexibility index (Phi) is 3.54. The Hall–Kier alpha value is -1.01. The molecule has 0 N–H and O–H groups in total. The van der Waals surface area contributed by atoms with Crippen molar-refractivity contribution in [3.63, 3.8) is 0 Å². The van der Waals surface area contributed by atoms with Crippen LogP contribution in [0.5, 0.6) is 0 Å². The largest absolute Gasteiger partial charge is 0.372 e. The molecule has 1 saturated carbocycles. The van der Waals surface area contributed by atoms with Crippen molar-refractivity contribution in [3.05, 3.63) is 18.2 Å². The Balaban J connectivity index is 1.67. The topological polar surface area (TPSA) is 30.3 Å². The fourth-order valence-corrected chi connectivity index (χ4v) is 3.22. The van der Waals surface area contributed by atoms with E-state index in [0.717, 1.165) is 30.5 Å². The fraction of sp³-hybridized carbons (Fsp3) is 0.769. The number of alkyl halides is 2. The van der Waals surface area contributed by atoms with E-state index in [1.807, 2.05) is 0 Å². The minimum Gasteiger partial charge on any atom is -0.372 e. The van der Waals surface area contributed by atoms with Gasteiger partial charge in [-0.1, -0.05) is 12.8 Å². The second-order valence-electron chi connectivity index (χ2n) is 5.48. The van der Waals surface area contributed by atoms with Crippen molar-refractivity contribution in [2.24, 2.45) is 0 Å². The van der Waals surface area contributed by atoms with Crippen molar-refractivity contribution >= 4 is 0 Å². The van der Waals surface area contributed by atoms with E-state index in [0.29, 0.717) is 19.0 Å². The van der Waals surface area contributed by atoms with Crippen LogP contribution in [0.4, 0.5) is 8.78 Å². The number of nitrogens with zero attached hydrogens (tertiary/aromatic N) is 3. The van der Waals surface area contributed by atoms with E-state index in [1.54, 1.807) is 0 Å². The summed E-state index contributed by atoms with van der Waals surface area (Å²) in [5, 5.41) is 0. The van der Waals surface area contributed by atoms with Gasteiger partial charge in [-0.2, -0.15) is 8.78 Å². The van der Waals surface area contributed by atoms with E-state index < -0.39 is 6.55 Å². The average Bonchev–Trinajstić information content (AvgIpc) is 2.99. The van der Waals surface area contributed by atoms with Gasteiger partial charge in [-0.15, -0.1) is 0 Å². The summed E-state index contributed by atoms with van der Waals surface area (Å²) in [5.41, 5.74) is -0.0273. The van der Waals surface area contributed by atoms with Gasteiger partial charge in [-0.05, 0) is 12.8 Å². The first-order valence-electron chi connectivity index (χ1n) is 6.85. The van der Waals surface area contributed by atoms with Crippen molar-refractivity contribution in [2.45, 2.75) is 44.4 Å². The maximum atomic E-state index is 12.8. The van der Waals surface area contributed by atoms with Gasteiger partial charge in [-0.25, -0.2) is 4.98 Å². The Bertz CT molecular complexity index is 429. The van der Waals surface area contributed by atoms with Crippen LogP contribution in [0.2, 0.25) is 0 Å². The Morgan fingerprint density at radius 3 is 2.89 bits per heavy atom. The number of rotatable bonds is 3. The van der Waals surface area contributed by atoms with Gasteiger partial charge in [0.25, 0.3) is 0 Å². The monoisotopic (exact) mass is 271 g/mol. The highest BCUT2D eigenvalue weighted by atomic mass is 19.3. The predicted molar refractivity (Wildman–Crippen MR) is 65.9 cm³/mol. The molecule has 4 nitrogen and oxygen atoms in total. The first kappa shape index (κ1) is 13.0. The number of hydrogen-bond donors (Lipinski definition) is 0. The fourth-order valence-electron chi connectivity index (χ4n) is 3.22. The molecule has 1 spiro atoms. The van der Waals surface area contributed by atoms with E-state index in [9.17, 15) is 8.78 Å². The van der Waals surface area contributed by atoms with Crippen LogP contribution in [0, 0.1) is 0 Å². The molecule has 0 aromatic carbocycles. The van der Waals surface area contributed by atoms with Gasteiger partial charge < -0.3 is 4.74 Å².